The highest BCUT2D eigenvalue weighted by molar-refractivity contribution is 8.06. The van der Waals surface area contributed by atoms with E-state index in [1.807, 2.05) is 66.0 Å². The highest BCUT2D eigenvalue weighted by Gasteiger charge is 2.22. The average molecular weight is 376 g/mol. The highest BCUT2D eigenvalue weighted by Crippen LogP contribution is 2.26. The summed E-state index contributed by atoms with van der Waals surface area (Å²) in [5, 5.41) is 5.28. The molecule has 2 aromatic rings. The van der Waals surface area contributed by atoms with Crippen LogP contribution >= 0.6 is 23.5 Å². The molecule has 0 unspecified atom stereocenters. The van der Waals surface area contributed by atoms with Crippen molar-refractivity contribution in [1.82, 2.24) is 0 Å². The monoisotopic (exact) mass is 375 g/mol. The lowest BCUT2D eigenvalue weighted by molar-refractivity contribution is -0.153. The summed E-state index contributed by atoms with van der Waals surface area (Å²) in [4.78, 5) is 24.3. The molecule has 25 heavy (non-hydrogen) atoms. The maximum atomic E-state index is 12.3. The van der Waals surface area contributed by atoms with Gasteiger partial charge in [-0.3, -0.25) is 9.59 Å². The van der Waals surface area contributed by atoms with Crippen LogP contribution in [0.1, 0.15) is 13.3 Å². The number of anilines is 1. The quantitative estimate of drug-likeness (QED) is 0.802. The number of ether oxygens (including phenoxy) is 1. The van der Waals surface area contributed by atoms with Crippen molar-refractivity contribution < 1.29 is 14.3 Å². The number of hydrogen-bond acceptors (Lipinski definition) is 5. The SMILES string of the molecule is C[C@H](OC(=O)C[C@@H]1CSCCS1)C(=O)Nc1ccc2ccccc2c1. The van der Waals surface area contributed by atoms with Crippen molar-refractivity contribution in [3.63, 3.8) is 0 Å². The van der Waals surface area contributed by atoms with Gasteiger partial charge in [0.15, 0.2) is 6.10 Å². The molecular weight excluding hydrogens is 354 g/mol. The minimum atomic E-state index is -0.805. The molecule has 1 amide bonds. The van der Waals surface area contributed by atoms with Gasteiger partial charge in [0.2, 0.25) is 0 Å². The van der Waals surface area contributed by atoms with Gasteiger partial charge < -0.3 is 10.1 Å². The summed E-state index contributed by atoms with van der Waals surface area (Å²) in [6.45, 7) is 1.61. The molecule has 0 bridgehead atoms. The van der Waals surface area contributed by atoms with Gasteiger partial charge in [0.1, 0.15) is 0 Å². The first-order valence-corrected chi connectivity index (χ1v) is 10.5. The van der Waals surface area contributed by atoms with Crippen molar-refractivity contribution in [3.05, 3.63) is 42.5 Å². The van der Waals surface area contributed by atoms with Crippen molar-refractivity contribution in [1.29, 1.82) is 0 Å². The molecule has 132 valence electrons. The van der Waals surface area contributed by atoms with Crippen LogP contribution in [-0.2, 0) is 14.3 Å². The number of carbonyl (C=O) groups excluding carboxylic acids is 2. The van der Waals surface area contributed by atoms with Crippen LogP contribution in [0.3, 0.4) is 0 Å². The van der Waals surface area contributed by atoms with E-state index in [4.69, 9.17) is 4.74 Å². The first-order chi connectivity index (χ1) is 12.1. The van der Waals surface area contributed by atoms with Crippen LogP contribution in [0.2, 0.25) is 0 Å². The van der Waals surface area contributed by atoms with Gasteiger partial charge in [0, 0.05) is 28.2 Å². The van der Waals surface area contributed by atoms with E-state index in [1.165, 1.54) is 0 Å². The van der Waals surface area contributed by atoms with Gasteiger partial charge in [-0.1, -0.05) is 30.3 Å². The number of benzene rings is 2. The lowest BCUT2D eigenvalue weighted by Gasteiger charge is -2.21. The van der Waals surface area contributed by atoms with Crippen LogP contribution in [0.4, 0.5) is 5.69 Å². The number of esters is 1. The summed E-state index contributed by atoms with van der Waals surface area (Å²) < 4.78 is 5.30. The molecule has 6 heteroatoms. The molecule has 1 aliphatic rings. The van der Waals surface area contributed by atoms with Crippen molar-refractivity contribution in [2.75, 3.05) is 22.6 Å². The number of carbonyl (C=O) groups is 2. The van der Waals surface area contributed by atoms with Crippen molar-refractivity contribution in [3.8, 4) is 0 Å². The predicted octanol–water partition coefficient (Wildman–Crippen LogP) is 3.95. The summed E-state index contributed by atoms with van der Waals surface area (Å²) >= 11 is 3.67. The number of thioether (sulfide) groups is 2. The highest BCUT2D eigenvalue weighted by atomic mass is 32.2. The minimum Gasteiger partial charge on any atom is -0.452 e. The number of fused-ring (bicyclic) bond motifs is 1. The molecular formula is C19H21NO3S2. The van der Waals surface area contributed by atoms with Crippen LogP contribution in [-0.4, -0.2) is 40.5 Å². The van der Waals surface area contributed by atoms with E-state index >= 15 is 0 Å². The second kappa shape index (κ2) is 8.63. The van der Waals surface area contributed by atoms with E-state index in [2.05, 4.69) is 5.32 Å². The molecule has 4 nitrogen and oxygen atoms in total. The van der Waals surface area contributed by atoms with Gasteiger partial charge in [0.05, 0.1) is 6.42 Å². The third-order valence-corrected chi connectivity index (χ3v) is 6.82. The van der Waals surface area contributed by atoms with Crippen molar-refractivity contribution in [2.45, 2.75) is 24.7 Å². The Kier molecular flexibility index (Phi) is 6.26. The van der Waals surface area contributed by atoms with Gasteiger partial charge in [0.25, 0.3) is 5.91 Å². The topological polar surface area (TPSA) is 55.4 Å². The summed E-state index contributed by atoms with van der Waals surface area (Å²) in [5.74, 6) is 2.56. The Balaban J connectivity index is 1.53. The van der Waals surface area contributed by atoms with E-state index in [-0.39, 0.29) is 11.9 Å². The predicted molar refractivity (Wildman–Crippen MR) is 106 cm³/mol. The third kappa shape index (κ3) is 5.16. The maximum Gasteiger partial charge on any atom is 0.307 e. The molecule has 2 atom stereocenters. The first kappa shape index (κ1) is 18.1. The normalized spacial score (nSPS) is 18.5. The Hall–Kier alpha value is -1.66. The molecule has 0 aromatic heterocycles. The Morgan fingerprint density at radius 1 is 1.20 bits per heavy atom. The van der Waals surface area contributed by atoms with Crippen LogP contribution in [0.15, 0.2) is 42.5 Å². The molecule has 1 saturated heterocycles. The number of hydrogen-bond donors (Lipinski definition) is 1. The zero-order valence-corrected chi connectivity index (χ0v) is 15.7. The lowest BCUT2D eigenvalue weighted by atomic mass is 10.1. The lowest BCUT2D eigenvalue weighted by Crippen LogP contribution is -2.31. The second-order valence-corrected chi connectivity index (χ2v) is 8.51. The van der Waals surface area contributed by atoms with Gasteiger partial charge in [-0.15, -0.1) is 0 Å². The third-order valence-electron chi connectivity index (χ3n) is 3.97. The molecule has 3 rings (SSSR count). The summed E-state index contributed by atoms with van der Waals surface area (Å²) in [5.41, 5.74) is 0.700. The van der Waals surface area contributed by atoms with E-state index in [1.54, 1.807) is 6.92 Å². The zero-order valence-electron chi connectivity index (χ0n) is 14.1. The molecule has 0 aliphatic carbocycles. The molecule has 2 aromatic carbocycles. The molecule has 0 spiro atoms. The smallest absolute Gasteiger partial charge is 0.307 e. The van der Waals surface area contributed by atoms with Gasteiger partial charge in [-0.25, -0.2) is 0 Å². The van der Waals surface area contributed by atoms with E-state index < -0.39 is 6.10 Å². The number of amides is 1. The Morgan fingerprint density at radius 2 is 2.00 bits per heavy atom. The Bertz CT molecular complexity index is 759. The van der Waals surface area contributed by atoms with E-state index in [0.717, 1.165) is 28.0 Å². The molecule has 1 N–H and O–H groups in total. The van der Waals surface area contributed by atoms with Crippen LogP contribution in [0.5, 0.6) is 0 Å². The minimum absolute atomic E-state index is 0.294. The fourth-order valence-corrected chi connectivity index (χ4v) is 5.31. The molecule has 1 aliphatic heterocycles. The Morgan fingerprint density at radius 3 is 2.76 bits per heavy atom. The van der Waals surface area contributed by atoms with Crippen LogP contribution < -0.4 is 5.32 Å². The van der Waals surface area contributed by atoms with E-state index in [0.29, 0.717) is 17.4 Å². The van der Waals surface area contributed by atoms with E-state index in [9.17, 15) is 9.59 Å². The van der Waals surface area contributed by atoms with Gasteiger partial charge in [-0.05, 0) is 29.8 Å². The number of nitrogens with one attached hydrogen (secondary N) is 1. The van der Waals surface area contributed by atoms with Gasteiger partial charge >= 0.3 is 5.97 Å². The van der Waals surface area contributed by atoms with Crippen molar-refractivity contribution in [2.24, 2.45) is 0 Å². The second-order valence-electron chi connectivity index (χ2n) is 5.96. The average Bonchev–Trinajstić information content (AvgIpc) is 2.62. The molecule has 0 saturated carbocycles. The van der Waals surface area contributed by atoms with Gasteiger partial charge in [-0.2, -0.15) is 23.5 Å². The summed E-state index contributed by atoms with van der Waals surface area (Å²) in [7, 11) is 0. The maximum absolute atomic E-state index is 12.3. The van der Waals surface area contributed by atoms with Crippen LogP contribution in [0, 0.1) is 0 Å². The standard InChI is InChI=1S/C19H21NO3S2/c1-13(23-18(21)11-17-12-24-8-9-25-17)19(22)20-16-7-6-14-4-2-3-5-15(14)10-16/h2-7,10,13,17H,8-9,11-12H2,1H3,(H,20,22)/t13-,17+/m0/s1. The summed E-state index contributed by atoms with van der Waals surface area (Å²) in [6.07, 6.45) is -0.439. The fourth-order valence-electron chi connectivity index (χ4n) is 2.65. The van der Waals surface area contributed by atoms with Crippen molar-refractivity contribution >= 4 is 51.9 Å². The van der Waals surface area contributed by atoms with Crippen LogP contribution in [0.25, 0.3) is 10.8 Å². The molecule has 1 fully saturated rings. The summed E-state index contributed by atoms with van der Waals surface area (Å²) in [6, 6.07) is 13.7. The molecule has 0 radical (unpaired) electrons. The zero-order chi connectivity index (χ0) is 17.6. The first-order valence-electron chi connectivity index (χ1n) is 8.30. The largest absolute Gasteiger partial charge is 0.452 e. The number of rotatable bonds is 5. The molecule has 1 heterocycles. The fraction of sp³-hybridized carbons (Fsp3) is 0.368. The Labute approximate surface area is 156 Å².